The maximum absolute atomic E-state index is 9.17. The first kappa shape index (κ1) is 15.0. The quantitative estimate of drug-likeness (QED) is 0.869. The molecule has 2 rings (SSSR count). The average molecular weight is 279 g/mol. The second-order valence-electron chi connectivity index (χ2n) is 5.66. The van der Waals surface area contributed by atoms with E-state index in [1.54, 1.807) is 14.2 Å². The molecule has 2 unspecified atom stereocenters. The van der Waals surface area contributed by atoms with Gasteiger partial charge in [-0.2, -0.15) is 0 Å². The molecular weight excluding hydrogens is 254 g/mol. The van der Waals surface area contributed by atoms with Crippen LogP contribution >= 0.6 is 0 Å². The molecule has 0 aliphatic carbocycles. The number of hydrogen-bond acceptors (Lipinski definition) is 4. The molecule has 112 valence electrons. The van der Waals surface area contributed by atoms with Crippen LogP contribution in [0.4, 0.5) is 5.69 Å². The second-order valence-corrected chi connectivity index (χ2v) is 5.66. The van der Waals surface area contributed by atoms with Crippen LogP contribution in [-0.2, 0) is 0 Å². The predicted octanol–water partition coefficient (Wildman–Crippen LogP) is 2.55. The van der Waals surface area contributed by atoms with Gasteiger partial charge in [-0.15, -0.1) is 0 Å². The molecule has 0 amide bonds. The fourth-order valence-electron chi connectivity index (χ4n) is 2.93. The first-order valence-electron chi connectivity index (χ1n) is 7.25. The minimum Gasteiger partial charge on any atom is -0.497 e. The molecule has 1 fully saturated rings. The predicted molar refractivity (Wildman–Crippen MR) is 80.7 cm³/mol. The largest absolute Gasteiger partial charge is 0.497 e. The minimum atomic E-state index is 0.280. The van der Waals surface area contributed by atoms with Gasteiger partial charge < -0.3 is 19.5 Å². The van der Waals surface area contributed by atoms with E-state index in [1.807, 2.05) is 12.1 Å². The summed E-state index contributed by atoms with van der Waals surface area (Å²) >= 11 is 0. The summed E-state index contributed by atoms with van der Waals surface area (Å²) in [6.45, 7) is 4.47. The lowest BCUT2D eigenvalue weighted by molar-refractivity contribution is 0.215. The summed E-state index contributed by atoms with van der Waals surface area (Å²) in [4.78, 5) is 2.37. The van der Waals surface area contributed by atoms with Gasteiger partial charge in [-0.1, -0.05) is 6.92 Å². The van der Waals surface area contributed by atoms with Crippen LogP contribution in [-0.4, -0.2) is 39.0 Å². The molecule has 1 N–H and O–H groups in total. The molecule has 0 saturated carbocycles. The highest BCUT2D eigenvalue weighted by molar-refractivity contribution is 5.61. The summed E-state index contributed by atoms with van der Waals surface area (Å²) in [5, 5.41) is 9.17. The van der Waals surface area contributed by atoms with E-state index in [1.165, 1.54) is 6.42 Å². The molecule has 20 heavy (non-hydrogen) atoms. The summed E-state index contributed by atoms with van der Waals surface area (Å²) in [5.74, 6) is 2.72. The van der Waals surface area contributed by atoms with Crippen molar-refractivity contribution in [1.29, 1.82) is 0 Å². The number of benzene rings is 1. The SMILES string of the molecule is COc1ccc(N2CCC(CC(C)CO)C2)c(OC)c1. The highest BCUT2D eigenvalue weighted by Crippen LogP contribution is 2.36. The standard InChI is InChI=1S/C16H25NO3/c1-12(11-18)8-13-6-7-17(10-13)15-5-4-14(19-2)9-16(15)20-3/h4-5,9,12-13,18H,6-8,10-11H2,1-3H3. The maximum atomic E-state index is 9.17. The highest BCUT2D eigenvalue weighted by atomic mass is 16.5. The fourth-order valence-corrected chi connectivity index (χ4v) is 2.93. The Balaban J connectivity index is 2.06. The van der Waals surface area contributed by atoms with E-state index in [-0.39, 0.29) is 6.61 Å². The van der Waals surface area contributed by atoms with Crippen LogP contribution in [0.1, 0.15) is 19.8 Å². The Bertz CT molecular complexity index is 436. The normalized spacial score (nSPS) is 20.0. The van der Waals surface area contributed by atoms with Gasteiger partial charge in [-0.05, 0) is 36.8 Å². The number of ether oxygens (including phenoxy) is 2. The van der Waals surface area contributed by atoms with Crippen LogP contribution in [0, 0.1) is 11.8 Å². The van der Waals surface area contributed by atoms with E-state index in [0.717, 1.165) is 36.7 Å². The Labute approximate surface area is 121 Å². The number of hydrogen-bond donors (Lipinski definition) is 1. The zero-order chi connectivity index (χ0) is 14.5. The Morgan fingerprint density at radius 1 is 1.35 bits per heavy atom. The Morgan fingerprint density at radius 2 is 2.15 bits per heavy atom. The van der Waals surface area contributed by atoms with Crippen LogP contribution in [0.15, 0.2) is 18.2 Å². The number of rotatable bonds is 6. The van der Waals surface area contributed by atoms with Crippen molar-refractivity contribution in [3.63, 3.8) is 0 Å². The van der Waals surface area contributed by atoms with E-state index >= 15 is 0 Å². The minimum absolute atomic E-state index is 0.280. The lowest BCUT2D eigenvalue weighted by atomic mass is 9.96. The molecule has 1 aromatic carbocycles. The van der Waals surface area contributed by atoms with E-state index in [9.17, 15) is 5.11 Å². The van der Waals surface area contributed by atoms with Crippen LogP contribution < -0.4 is 14.4 Å². The third-order valence-corrected chi connectivity index (χ3v) is 4.06. The van der Waals surface area contributed by atoms with Crippen molar-refractivity contribution in [3.8, 4) is 11.5 Å². The molecule has 0 aromatic heterocycles. The van der Waals surface area contributed by atoms with Gasteiger partial charge in [0, 0.05) is 25.8 Å². The number of nitrogens with zero attached hydrogens (tertiary/aromatic N) is 1. The molecule has 0 spiro atoms. The van der Waals surface area contributed by atoms with Gasteiger partial charge in [-0.3, -0.25) is 0 Å². The van der Waals surface area contributed by atoms with Gasteiger partial charge in [0.2, 0.25) is 0 Å². The molecule has 2 atom stereocenters. The Hall–Kier alpha value is -1.42. The van der Waals surface area contributed by atoms with Crippen molar-refractivity contribution in [2.24, 2.45) is 11.8 Å². The van der Waals surface area contributed by atoms with Gasteiger partial charge in [0.15, 0.2) is 0 Å². The average Bonchev–Trinajstić information content (AvgIpc) is 2.94. The first-order valence-corrected chi connectivity index (χ1v) is 7.25. The second kappa shape index (κ2) is 6.84. The highest BCUT2D eigenvalue weighted by Gasteiger charge is 2.25. The van der Waals surface area contributed by atoms with Crippen LogP contribution in [0.5, 0.6) is 11.5 Å². The van der Waals surface area contributed by atoms with E-state index in [0.29, 0.717) is 11.8 Å². The first-order chi connectivity index (χ1) is 9.67. The van der Waals surface area contributed by atoms with Crippen molar-refractivity contribution in [2.45, 2.75) is 19.8 Å². The molecule has 1 aromatic rings. The lowest BCUT2D eigenvalue weighted by Crippen LogP contribution is -2.21. The molecule has 1 heterocycles. The number of aliphatic hydroxyl groups excluding tert-OH is 1. The van der Waals surface area contributed by atoms with Crippen molar-refractivity contribution >= 4 is 5.69 Å². The molecule has 4 heteroatoms. The molecule has 0 radical (unpaired) electrons. The maximum Gasteiger partial charge on any atom is 0.145 e. The molecule has 1 saturated heterocycles. The molecule has 1 aliphatic rings. The summed E-state index contributed by atoms with van der Waals surface area (Å²) in [5.41, 5.74) is 1.13. The summed E-state index contributed by atoms with van der Waals surface area (Å²) < 4.78 is 10.7. The number of aliphatic hydroxyl groups is 1. The monoisotopic (exact) mass is 279 g/mol. The third-order valence-electron chi connectivity index (χ3n) is 4.06. The molecule has 4 nitrogen and oxygen atoms in total. The van der Waals surface area contributed by atoms with Crippen molar-refractivity contribution < 1.29 is 14.6 Å². The number of methoxy groups -OCH3 is 2. The van der Waals surface area contributed by atoms with Gasteiger partial charge in [-0.25, -0.2) is 0 Å². The van der Waals surface area contributed by atoms with Crippen LogP contribution in [0.2, 0.25) is 0 Å². The Morgan fingerprint density at radius 3 is 2.80 bits per heavy atom. The smallest absolute Gasteiger partial charge is 0.145 e. The molecule has 1 aliphatic heterocycles. The van der Waals surface area contributed by atoms with Gasteiger partial charge >= 0.3 is 0 Å². The molecular formula is C16H25NO3. The lowest BCUT2D eigenvalue weighted by Gasteiger charge is -2.22. The van der Waals surface area contributed by atoms with Gasteiger partial charge in [0.1, 0.15) is 11.5 Å². The van der Waals surface area contributed by atoms with Crippen molar-refractivity contribution in [1.82, 2.24) is 0 Å². The van der Waals surface area contributed by atoms with Gasteiger partial charge in [0.05, 0.1) is 19.9 Å². The summed E-state index contributed by atoms with van der Waals surface area (Å²) in [6, 6.07) is 5.97. The van der Waals surface area contributed by atoms with Crippen LogP contribution in [0.3, 0.4) is 0 Å². The zero-order valence-electron chi connectivity index (χ0n) is 12.6. The Kier molecular flexibility index (Phi) is 5.12. The summed E-state index contributed by atoms with van der Waals surface area (Å²) in [6.07, 6.45) is 2.27. The van der Waals surface area contributed by atoms with Crippen LogP contribution in [0.25, 0.3) is 0 Å². The number of anilines is 1. The third kappa shape index (κ3) is 3.37. The topological polar surface area (TPSA) is 41.9 Å². The van der Waals surface area contributed by atoms with Gasteiger partial charge in [0.25, 0.3) is 0 Å². The fraction of sp³-hybridized carbons (Fsp3) is 0.625. The van der Waals surface area contributed by atoms with E-state index in [2.05, 4.69) is 17.9 Å². The van der Waals surface area contributed by atoms with Crippen molar-refractivity contribution in [2.75, 3.05) is 38.8 Å². The zero-order valence-corrected chi connectivity index (χ0v) is 12.6. The summed E-state index contributed by atoms with van der Waals surface area (Å²) in [7, 11) is 3.36. The van der Waals surface area contributed by atoms with Crippen molar-refractivity contribution in [3.05, 3.63) is 18.2 Å². The van der Waals surface area contributed by atoms with E-state index < -0.39 is 0 Å². The molecule has 0 bridgehead atoms. The van der Waals surface area contributed by atoms with E-state index in [4.69, 9.17) is 9.47 Å².